The second-order valence-corrected chi connectivity index (χ2v) is 13.2. The molecular formula is C40H65N6O3+. The molecule has 1 aromatic carbocycles. The minimum Gasteiger partial charge on any atom is -0.388 e. The van der Waals surface area contributed by atoms with Crippen molar-refractivity contribution >= 4 is 17.6 Å². The van der Waals surface area contributed by atoms with Gasteiger partial charge >= 0.3 is 0 Å². The summed E-state index contributed by atoms with van der Waals surface area (Å²) in [4.78, 5) is 30.4. The molecule has 1 unspecified atom stereocenters. The molecular weight excluding hydrogens is 612 g/mol. The number of fused-ring (bicyclic) bond motifs is 2. The van der Waals surface area contributed by atoms with Crippen LogP contribution in [-0.4, -0.2) is 71.5 Å². The number of aryl methyl sites for hydroxylation is 1. The van der Waals surface area contributed by atoms with Gasteiger partial charge in [-0.05, 0) is 102 Å². The molecule has 1 aliphatic carbocycles. The molecule has 0 radical (unpaired) electrons. The average Bonchev–Trinajstić information content (AvgIpc) is 3.36. The molecule has 2 aliphatic heterocycles. The number of hydrogen-bond acceptors (Lipinski definition) is 5. The van der Waals surface area contributed by atoms with E-state index in [1.807, 2.05) is 71.1 Å². The number of aliphatic hydroxyl groups excluding tert-OH is 1. The minimum atomic E-state index is -0.746. The number of nitrogens with zero attached hydrogens (tertiary/aromatic N) is 1. The number of nitrogens with two attached hydrogens (primary N) is 1. The zero-order valence-electron chi connectivity index (χ0n) is 31.9. The van der Waals surface area contributed by atoms with Crippen LogP contribution in [0.2, 0.25) is 0 Å². The highest BCUT2D eigenvalue weighted by atomic mass is 16.3. The summed E-state index contributed by atoms with van der Waals surface area (Å²) in [5.41, 5.74) is 11.9. The molecule has 9 heteroatoms. The summed E-state index contributed by atoms with van der Waals surface area (Å²) in [5, 5.41) is 20.9. The molecule has 7 N–H and O–H groups in total. The normalized spacial score (nSPS) is 23.7. The molecule has 49 heavy (non-hydrogen) atoms. The molecule has 2 heterocycles. The Morgan fingerprint density at radius 3 is 2.45 bits per heavy atom. The summed E-state index contributed by atoms with van der Waals surface area (Å²) in [6.07, 6.45) is 13.8. The van der Waals surface area contributed by atoms with Gasteiger partial charge in [-0.1, -0.05) is 63.6 Å². The van der Waals surface area contributed by atoms with Gasteiger partial charge < -0.3 is 26.0 Å². The van der Waals surface area contributed by atoms with Crippen molar-refractivity contribution in [3.8, 4) is 0 Å². The van der Waals surface area contributed by atoms with E-state index in [0.29, 0.717) is 13.1 Å². The number of aliphatic hydroxyl groups is 1. The summed E-state index contributed by atoms with van der Waals surface area (Å²) < 4.78 is 0. The summed E-state index contributed by atoms with van der Waals surface area (Å²) in [5.74, 6) is 1.64. The molecule has 3 aliphatic rings. The molecule has 0 spiro atoms. The van der Waals surface area contributed by atoms with E-state index >= 15 is 0 Å². The van der Waals surface area contributed by atoms with Crippen molar-refractivity contribution in [3.63, 3.8) is 0 Å². The standard InChI is InChI=1S/C26H39N5O2.C12H19NO.C2H6/c1-5-9-22(27)30-21-14-28-24(16(2)3)31-15-20(23(32)26(21,31)4)29-25(33)19-13-8-11-17-10-6-7-12-18(17)19;1-5-7-11(12(14)13-4)9-8-10(3)6-2;1-2/h8,11,13,20-21,23,28,32H,5-7,9-10,12,14-15H2,1-4H3,(H2,27,30)(H,29,33);6-9H,5H2,1-4H3,(H,13,14);1-2H3/p+1/b;9-8-,10-6-,11-7-;/t20-,21?,23-,26+;;/m1../s1. The molecule has 9 nitrogen and oxygen atoms in total. The zero-order chi connectivity index (χ0) is 36.7. The Kier molecular flexibility index (Phi) is 16.8. The van der Waals surface area contributed by atoms with Crippen LogP contribution in [0.1, 0.15) is 116 Å². The number of rotatable bonds is 9. The van der Waals surface area contributed by atoms with E-state index in [-0.39, 0.29) is 23.9 Å². The van der Waals surface area contributed by atoms with E-state index in [1.165, 1.54) is 17.5 Å². The lowest BCUT2D eigenvalue weighted by Gasteiger charge is -2.47. The Balaban J connectivity index is 0.000000440. The van der Waals surface area contributed by atoms with Crippen molar-refractivity contribution in [1.82, 2.24) is 20.9 Å². The summed E-state index contributed by atoms with van der Waals surface area (Å²) in [7, 11) is 1.64. The minimum absolute atomic E-state index is 0.0352. The number of nitrogens with one attached hydrogen (secondary N) is 4. The Labute approximate surface area is 296 Å². The highest BCUT2D eigenvalue weighted by Crippen LogP contribution is 2.37. The summed E-state index contributed by atoms with van der Waals surface area (Å²) in [6.45, 7) is 19.5. The van der Waals surface area contributed by atoms with Crippen molar-refractivity contribution in [3.05, 3.63) is 81.7 Å². The molecule has 2 fully saturated rings. The predicted octanol–water partition coefficient (Wildman–Crippen LogP) is 4.18. The maximum Gasteiger partial charge on any atom is 0.251 e. The Bertz CT molecular complexity index is 1420. The second kappa shape index (κ2) is 20.0. The fourth-order valence-electron chi connectivity index (χ4n) is 6.78. The number of amides is 2. The largest absolute Gasteiger partial charge is 0.388 e. The van der Waals surface area contributed by atoms with Gasteiger partial charge in [-0.25, -0.2) is 0 Å². The number of amidine groups is 1. The molecule has 4 rings (SSSR count). The van der Waals surface area contributed by atoms with Crippen LogP contribution in [0.4, 0.5) is 0 Å². The number of carbonyl (C=O) groups is 2. The van der Waals surface area contributed by atoms with Crippen molar-refractivity contribution < 1.29 is 19.7 Å². The summed E-state index contributed by atoms with van der Waals surface area (Å²) in [6, 6.07) is 5.56. The van der Waals surface area contributed by atoms with E-state index in [9.17, 15) is 14.7 Å². The van der Waals surface area contributed by atoms with Crippen molar-refractivity contribution in [2.24, 2.45) is 5.73 Å². The molecule has 4 atom stereocenters. The lowest BCUT2D eigenvalue weighted by Crippen LogP contribution is -2.92. The van der Waals surface area contributed by atoms with E-state index in [2.05, 4.69) is 59.6 Å². The van der Waals surface area contributed by atoms with Crippen LogP contribution in [0.3, 0.4) is 0 Å². The smallest absolute Gasteiger partial charge is 0.251 e. The molecule has 0 bridgehead atoms. The molecule has 2 amide bonds. The van der Waals surface area contributed by atoms with Gasteiger partial charge in [0.05, 0.1) is 12.6 Å². The van der Waals surface area contributed by atoms with Crippen LogP contribution in [0.15, 0.2) is 65.0 Å². The maximum atomic E-state index is 13.4. The lowest BCUT2D eigenvalue weighted by atomic mass is 9.83. The summed E-state index contributed by atoms with van der Waals surface area (Å²) >= 11 is 0. The van der Waals surface area contributed by atoms with Crippen LogP contribution in [0, 0.1) is 0 Å². The first-order valence-electron chi connectivity index (χ1n) is 18.3. The van der Waals surface area contributed by atoms with E-state index in [1.54, 1.807) is 7.05 Å². The highest BCUT2D eigenvalue weighted by molar-refractivity contribution is 5.96. The third kappa shape index (κ3) is 10.3. The quantitative estimate of drug-likeness (QED) is 0.101. The van der Waals surface area contributed by atoms with Crippen LogP contribution < -0.4 is 26.7 Å². The number of carbonyl (C=O) groups excluding carboxylic acids is 2. The number of allylic oxidation sites excluding steroid dienone is 5. The van der Waals surface area contributed by atoms with Crippen molar-refractivity contribution in [2.45, 2.75) is 131 Å². The zero-order valence-corrected chi connectivity index (χ0v) is 31.9. The Morgan fingerprint density at radius 2 is 1.84 bits per heavy atom. The second-order valence-electron chi connectivity index (χ2n) is 13.2. The fraction of sp³-hybridized carbons (Fsp3) is 0.575. The topological polar surface area (TPSA) is 134 Å². The van der Waals surface area contributed by atoms with Crippen molar-refractivity contribution in [1.29, 1.82) is 0 Å². The average molecular weight is 678 g/mol. The van der Waals surface area contributed by atoms with Gasteiger partial charge in [0, 0.05) is 31.1 Å². The van der Waals surface area contributed by atoms with Gasteiger partial charge in [0.25, 0.3) is 11.8 Å². The monoisotopic (exact) mass is 678 g/mol. The van der Waals surface area contributed by atoms with Crippen molar-refractivity contribution in [2.75, 3.05) is 20.1 Å². The van der Waals surface area contributed by atoms with Crippen LogP contribution >= 0.6 is 0 Å². The van der Waals surface area contributed by atoms with Gasteiger partial charge in [0.1, 0.15) is 23.5 Å². The maximum absolute atomic E-state index is 13.4. The predicted molar refractivity (Wildman–Crippen MR) is 203 cm³/mol. The van der Waals surface area contributed by atoms with E-state index < -0.39 is 11.6 Å². The van der Waals surface area contributed by atoms with Crippen LogP contribution in [0.25, 0.3) is 0 Å². The molecule has 0 saturated carbocycles. The van der Waals surface area contributed by atoms with Crippen LogP contribution in [0.5, 0.6) is 0 Å². The van der Waals surface area contributed by atoms with Gasteiger partial charge in [-0.3, -0.25) is 20.3 Å². The first kappa shape index (κ1) is 41.3. The fourth-order valence-corrected chi connectivity index (χ4v) is 6.78. The molecule has 2 saturated heterocycles. The van der Waals surface area contributed by atoms with E-state index in [0.717, 1.165) is 72.5 Å². The SMILES string of the molecule is CC.CCCC(N)=[NH+]C1CNC(=C(C)C)N2C[C@@H](NC(=O)c3cccc4c3CCCC4)[C@@H](O)[C@]12C.C\C=C(C)/C=C\C(=C\CC)C(=O)NC. The Hall–Kier alpha value is -3.85. The first-order chi connectivity index (χ1) is 23.4. The van der Waals surface area contributed by atoms with E-state index in [4.69, 9.17) is 5.73 Å². The number of likely N-dealkylation sites (N-methyl/N-ethyl adjacent to an activating group) is 1. The Morgan fingerprint density at radius 1 is 1.14 bits per heavy atom. The third-order valence-electron chi connectivity index (χ3n) is 9.59. The lowest BCUT2D eigenvalue weighted by molar-refractivity contribution is -0.525. The van der Waals surface area contributed by atoms with Gasteiger partial charge in [0.2, 0.25) is 5.84 Å². The van der Waals surface area contributed by atoms with Gasteiger partial charge in [-0.2, -0.15) is 0 Å². The molecule has 272 valence electrons. The number of hydrogen-bond donors (Lipinski definition) is 6. The molecule has 1 aromatic rings. The first-order valence-corrected chi connectivity index (χ1v) is 18.3. The van der Waals surface area contributed by atoms with Crippen LogP contribution in [-0.2, 0) is 17.6 Å². The van der Waals surface area contributed by atoms with Gasteiger partial charge in [-0.15, -0.1) is 0 Å². The molecule has 0 aromatic heterocycles. The van der Waals surface area contributed by atoms with Gasteiger partial charge in [0.15, 0.2) is 0 Å². The number of benzene rings is 1. The third-order valence-corrected chi connectivity index (χ3v) is 9.59. The highest BCUT2D eigenvalue weighted by Gasteiger charge is 2.59.